The van der Waals surface area contributed by atoms with E-state index in [9.17, 15) is 0 Å². The molecule has 0 saturated carbocycles. The van der Waals surface area contributed by atoms with Gasteiger partial charge in [-0.25, -0.2) is 0 Å². The summed E-state index contributed by atoms with van der Waals surface area (Å²) in [4.78, 5) is 0. The maximum Gasteiger partial charge on any atom is 0.204 e. The number of ether oxygens (including phenoxy) is 3. The normalized spacial score (nSPS) is 9.00. The Balaban J connectivity index is 3.31. The molecule has 1 aromatic carbocycles. The van der Waals surface area contributed by atoms with Crippen LogP contribution in [-0.2, 0) is 0 Å². The molecule has 0 atom stereocenters. The van der Waals surface area contributed by atoms with Crippen LogP contribution in [0.4, 0.5) is 0 Å². The Morgan fingerprint density at radius 2 is 1.75 bits per heavy atom. The van der Waals surface area contributed by atoms with Crippen LogP contribution in [0.1, 0.15) is 5.56 Å². The molecule has 0 aliphatic carbocycles. The lowest BCUT2D eigenvalue weighted by atomic mass is 10.1. The van der Waals surface area contributed by atoms with Gasteiger partial charge in [0.15, 0.2) is 11.5 Å². The van der Waals surface area contributed by atoms with Crippen LogP contribution in [0.3, 0.4) is 0 Å². The van der Waals surface area contributed by atoms with Crippen LogP contribution in [0.2, 0.25) is 0 Å². The van der Waals surface area contributed by atoms with Crippen LogP contribution in [0, 0.1) is 11.8 Å². The molecule has 0 radical (unpaired) electrons. The van der Waals surface area contributed by atoms with Gasteiger partial charge in [0.25, 0.3) is 0 Å². The lowest BCUT2D eigenvalue weighted by molar-refractivity contribution is 0.324. The lowest BCUT2D eigenvalue weighted by Crippen LogP contribution is -1.97. The average molecular weight is 222 g/mol. The first-order valence-electron chi connectivity index (χ1n) is 4.67. The smallest absolute Gasteiger partial charge is 0.204 e. The van der Waals surface area contributed by atoms with Crippen molar-refractivity contribution in [3.05, 3.63) is 17.7 Å². The number of hydrogen-bond donors (Lipinski definition) is 1. The van der Waals surface area contributed by atoms with E-state index in [4.69, 9.17) is 19.3 Å². The van der Waals surface area contributed by atoms with E-state index in [-0.39, 0.29) is 6.61 Å². The van der Waals surface area contributed by atoms with Crippen LogP contribution >= 0.6 is 0 Å². The fourth-order valence-electron chi connectivity index (χ4n) is 1.33. The first-order valence-corrected chi connectivity index (χ1v) is 4.67. The van der Waals surface area contributed by atoms with E-state index in [1.807, 2.05) is 0 Å². The van der Waals surface area contributed by atoms with Crippen molar-refractivity contribution in [3.8, 4) is 29.1 Å². The fraction of sp³-hybridized carbons (Fsp3) is 0.333. The first kappa shape index (κ1) is 12.2. The maximum atomic E-state index is 8.65. The van der Waals surface area contributed by atoms with Gasteiger partial charge in [-0.2, -0.15) is 0 Å². The van der Waals surface area contributed by atoms with Gasteiger partial charge in [0.05, 0.1) is 26.9 Å². The topological polar surface area (TPSA) is 47.9 Å². The maximum absolute atomic E-state index is 8.65. The fourth-order valence-corrected chi connectivity index (χ4v) is 1.33. The van der Waals surface area contributed by atoms with Gasteiger partial charge in [0.2, 0.25) is 5.75 Å². The van der Waals surface area contributed by atoms with Crippen LogP contribution < -0.4 is 14.2 Å². The van der Waals surface area contributed by atoms with Gasteiger partial charge in [-0.3, -0.25) is 0 Å². The van der Waals surface area contributed by atoms with Crippen LogP contribution in [0.15, 0.2) is 12.1 Å². The molecule has 16 heavy (non-hydrogen) atoms. The minimum Gasteiger partial charge on any atom is -0.493 e. The van der Waals surface area contributed by atoms with E-state index < -0.39 is 0 Å². The van der Waals surface area contributed by atoms with Crippen LogP contribution in [-0.4, -0.2) is 33.0 Å². The summed E-state index contributed by atoms with van der Waals surface area (Å²) in [6.07, 6.45) is 0. The molecule has 0 amide bonds. The monoisotopic (exact) mass is 222 g/mol. The Kier molecular flexibility index (Phi) is 4.49. The summed E-state index contributed by atoms with van der Waals surface area (Å²) < 4.78 is 15.6. The molecule has 0 saturated heterocycles. The third-order valence-electron chi connectivity index (χ3n) is 2.01. The third-order valence-corrected chi connectivity index (χ3v) is 2.01. The summed E-state index contributed by atoms with van der Waals surface area (Å²) in [5.74, 6) is 6.91. The van der Waals surface area contributed by atoms with Gasteiger partial charge >= 0.3 is 0 Å². The van der Waals surface area contributed by atoms with Gasteiger partial charge < -0.3 is 19.3 Å². The molecule has 0 aliphatic heterocycles. The van der Waals surface area contributed by atoms with Gasteiger partial charge in [0, 0.05) is 0 Å². The van der Waals surface area contributed by atoms with Gasteiger partial charge in [-0.05, 0) is 12.1 Å². The molecule has 4 heteroatoms. The number of hydrogen-bond acceptors (Lipinski definition) is 4. The highest BCUT2D eigenvalue weighted by Gasteiger charge is 2.14. The minimum atomic E-state index is -0.197. The lowest BCUT2D eigenvalue weighted by Gasteiger charge is -2.12. The molecule has 0 aromatic heterocycles. The standard InChI is InChI=1S/C12H14O4/c1-14-10-7-6-9(5-4-8-13)11(15-2)12(10)16-3/h6-7,13H,8H2,1-3H3. The van der Waals surface area contributed by atoms with E-state index in [0.717, 1.165) is 0 Å². The summed E-state index contributed by atoms with van der Waals surface area (Å²) in [6.45, 7) is -0.197. The molecule has 1 rings (SSSR count). The zero-order valence-electron chi connectivity index (χ0n) is 9.53. The van der Waals surface area contributed by atoms with E-state index in [2.05, 4.69) is 11.8 Å². The molecule has 86 valence electrons. The Hall–Kier alpha value is -1.86. The molecule has 0 bridgehead atoms. The van der Waals surface area contributed by atoms with Crippen molar-refractivity contribution >= 4 is 0 Å². The predicted octanol–water partition coefficient (Wildman–Crippen LogP) is 1.06. The number of aliphatic hydroxyl groups is 1. The second-order valence-corrected chi connectivity index (χ2v) is 2.84. The molecular formula is C12H14O4. The van der Waals surface area contributed by atoms with Crippen molar-refractivity contribution in [2.75, 3.05) is 27.9 Å². The van der Waals surface area contributed by atoms with Crippen molar-refractivity contribution in [2.45, 2.75) is 0 Å². The van der Waals surface area contributed by atoms with Gasteiger partial charge in [-0.1, -0.05) is 11.8 Å². The molecule has 0 fully saturated rings. The second kappa shape index (κ2) is 5.89. The van der Waals surface area contributed by atoms with E-state index >= 15 is 0 Å². The summed E-state index contributed by atoms with van der Waals surface area (Å²) in [7, 11) is 4.61. The highest BCUT2D eigenvalue weighted by Crippen LogP contribution is 2.39. The molecule has 0 spiro atoms. The quantitative estimate of drug-likeness (QED) is 0.777. The summed E-state index contributed by atoms with van der Waals surface area (Å²) in [5.41, 5.74) is 0.647. The van der Waals surface area contributed by atoms with Crippen molar-refractivity contribution in [1.82, 2.24) is 0 Å². The third kappa shape index (κ3) is 2.38. The summed E-state index contributed by atoms with van der Waals surface area (Å²) in [5, 5.41) is 8.65. The SMILES string of the molecule is COc1ccc(C#CCO)c(OC)c1OC. The molecule has 4 nitrogen and oxygen atoms in total. The van der Waals surface area contributed by atoms with Gasteiger partial charge in [-0.15, -0.1) is 0 Å². The van der Waals surface area contributed by atoms with Crippen molar-refractivity contribution in [1.29, 1.82) is 0 Å². The van der Waals surface area contributed by atoms with Crippen LogP contribution in [0.5, 0.6) is 17.2 Å². The summed E-state index contributed by atoms with van der Waals surface area (Å²) >= 11 is 0. The highest BCUT2D eigenvalue weighted by molar-refractivity contribution is 5.60. The van der Waals surface area contributed by atoms with Crippen LogP contribution in [0.25, 0.3) is 0 Å². The zero-order valence-corrected chi connectivity index (χ0v) is 9.53. The number of aliphatic hydroxyl groups excluding tert-OH is 1. The van der Waals surface area contributed by atoms with E-state index in [0.29, 0.717) is 22.8 Å². The number of rotatable bonds is 3. The minimum absolute atomic E-state index is 0.197. The summed E-state index contributed by atoms with van der Waals surface area (Å²) in [6, 6.07) is 3.49. The number of methoxy groups -OCH3 is 3. The van der Waals surface area contributed by atoms with Crippen molar-refractivity contribution in [3.63, 3.8) is 0 Å². The Labute approximate surface area is 94.8 Å². The van der Waals surface area contributed by atoms with Gasteiger partial charge in [0.1, 0.15) is 6.61 Å². The molecule has 0 unspecified atom stereocenters. The van der Waals surface area contributed by atoms with Crippen molar-refractivity contribution < 1.29 is 19.3 Å². The predicted molar refractivity (Wildman–Crippen MR) is 60.1 cm³/mol. The largest absolute Gasteiger partial charge is 0.493 e. The molecule has 1 aromatic rings. The molecule has 0 aliphatic rings. The average Bonchev–Trinajstić information content (AvgIpc) is 2.34. The molecular weight excluding hydrogens is 208 g/mol. The Bertz CT molecular complexity index is 415. The second-order valence-electron chi connectivity index (χ2n) is 2.84. The molecule has 0 heterocycles. The Morgan fingerprint density at radius 1 is 1.06 bits per heavy atom. The van der Waals surface area contributed by atoms with E-state index in [1.165, 1.54) is 14.2 Å². The van der Waals surface area contributed by atoms with Crippen molar-refractivity contribution in [2.24, 2.45) is 0 Å². The van der Waals surface area contributed by atoms with E-state index in [1.54, 1.807) is 19.2 Å². The highest BCUT2D eigenvalue weighted by atomic mass is 16.5. The molecule has 1 N–H and O–H groups in total. The Morgan fingerprint density at radius 3 is 2.25 bits per heavy atom. The first-order chi connectivity index (χ1) is 7.78. The zero-order chi connectivity index (χ0) is 12.0. The number of benzene rings is 1.